The summed E-state index contributed by atoms with van der Waals surface area (Å²) in [5.74, 6) is -1.16. The average Bonchev–Trinajstić information content (AvgIpc) is 3.18. The zero-order chi connectivity index (χ0) is 41.4. The predicted molar refractivity (Wildman–Crippen MR) is 216 cm³/mol. The number of ether oxygens (including phenoxy) is 2. The van der Waals surface area contributed by atoms with Crippen LogP contribution >= 0.6 is 7.82 Å². The highest BCUT2D eigenvalue weighted by Crippen LogP contribution is 2.47. The molecule has 6 unspecified atom stereocenters. The molecule has 324 valence electrons. The van der Waals surface area contributed by atoms with Gasteiger partial charge in [0.1, 0.15) is 43.2 Å². The van der Waals surface area contributed by atoms with Gasteiger partial charge < -0.3 is 39.9 Å². The van der Waals surface area contributed by atoms with Crippen molar-refractivity contribution in [3.8, 4) is 0 Å². The third-order valence-corrected chi connectivity index (χ3v) is 10.4. The van der Waals surface area contributed by atoms with Crippen molar-refractivity contribution >= 4 is 19.8 Å². The number of esters is 2. The van der Waals surface area contributed by atoms with Crippen molar-refractivity contribution in [1.29, 1.82) is 0 Å². The van der Waals surface area contributed by atoms with E-state index in [0.717, 1.165) is 70.6 Å². The normalized spacial score (nSPS) is 23.4. The van der Waals surface area contributed by atoms with Gasteiger partial charge in [0.15, 0.2) is 6.10 Å². The summed E-state index contributed by atoms with van der Waals surface area (Å²) in [6, 6.07) is 0. The van der Waals surface area contributed by atoms with Crippen LogP contribution in [0.25, 0.3) is 0 Å². The number of carbonyl (C=O) groups excluding carboxylic acids is 2. The van der Waals surface area contributed by atoms with E-state index in [4.69, 9.17) is 18.5 Å². The Kier molecular flexibility index (Phi) is 30.3. The van der Waals surface area contributed by atoms with E-state index in [1.807, 2.05) is 0 Å². The first-order valence-corrected chi connectivity index (χ1v) is 22.4. The van der Waals surface area contributed by atoms with Crippen LogP contribution in [0, 0.1) is 0 Å². The summed E-state index contributed by atoms with van der Waals surface area (Å²) in [6.45, 7) is 3.17. The molecule has 0 heterocycles. The maximum atomic E-state index is 12.8. The van der Waals surface area contributed by atoms with Crippen LogP contribution in [0.2, 0.25) is 0 Å². The van der Waals surface area contributed by atoms with Crippen molar-refractivity contribution in [3.63, 3.8) is 0 Å². The van der Waals surface area contributed by atoms with Crippen molar-refractivity contribution < 1.29 is 63.1 Å². The number of allylic oxidation sites excluding steroid dienone is 8. The predicted octanol–water partition coefficient (Wildman–Crippen LogP) is 7.22. The number of rotatable bonds is 33. The molecule has 1 aliphatic carbocycles. The van der Waals surface area contributed by atoms with Crippen molar-refractivity contribution in [2.24, 2.45) is 0 Å². The Morgan fingerprint density at radius 3 is 1.52 bits per heavy atom. The molecule has 1 fully saturated rings. The summed E-state index contributed by atoms with van der Waals surface area (Å²) in [5.41, 5.74) is 0. The van der Waals surface area contributed by atoms with E-state index in [0.29, 0.717) is 12.8 Å². The van der Waals surface area contributed by atoms with Gasteiger partial charge in [0.2, 0.25) is 0 Å². The molecule has 0 radical (unpaired) electrons. The number of unbranched alkanes of at least 4 members (excludes halogenated alkanes) is 13. The lowest BCUT2D eigenvalue weighted by atomic mass is 9.85. The summed E-state index contributed by atoms with van der Waals surface area (Å²) in [6.07, 6.45) is 23.2. The van der Waals surface area contributed by atoms with Crippen LogP contribution in [0.5, 0.6) is 0 Å². The Balaban J connectivity index is 2.56. The topological polar surface area (TPSA) is 210 Å². The van der Waals surface area contributed by atoms with Crippen molar-refractivity contribution in [2.75, 3.05) is 13.2 Å². The summed E-state index contributed by atoms with van der Waals surface area (Å²) in [7, 11) is -5.12. The Hall–Kier alpha value is -2.19. The molecule has 0 spiro atoms. The maximum absolute atomic E-state index is 12.8. The van der Waals surface area contributed by atoms with E-state index in [9.17, 15) is 44.6 Å². The van der Waals surface area contributed by atoms with Crippen LogP contribution < -0.4 is 0 Å². The van der Waals surface area contributed by atoms with Crippen LogP contribution in [-0.4, -0.2) is 98.3 Å². The van der Waals surface area contributed by atoms with Crippen molar-refractivity contribution in [1.82, 2.24) is 0 Å². The highest BCUT2D eigenvalue weighted by molar-refractivity contribution is 7.47. The van der Waals surface area contributed by atoms with Gasteiger partial charge in [-0.1, -0.05) is 107 Å². The first-order valence-electron chi connectivity index (χ1n) is 20.9. The molecule has 0 amide bonds. The van der Waals surface area contributed by atoms with Crippen molar-refractivity contribution in [3.05, 3.63) is 48.6 Å². The Morgan fingerprint density at radius 1 is 0.554 bits per heavy atom. The zero-order valence-electron chi connectivity index (χ0n) is 33.9. The molecule has 0 aromatic rings. The van der Waals surface area contributed by atoms with Gasteiger partial charge in [0, 0.05) is 12.8 Å². The fourth-order valence-electron chi connectivity index (χ4n) is 5.93. The second kappa shape index (κ2) is 32.7. The second-order valence-corrected chi connectivity index (χ2v) is 15.9. The lowest BCUT2D eigenvalue weighted by Crippen LogP contribution is -2.64. The third kappa shape index (κ3) is 25.2. The minimum absolute atomic E-state index is 0.0449. The molecule has 0 bridgehead atoms. The maximum Gasteiger partial charge on any atom is 0.472 e. The van der Waals surface area contributed by atoms with Gasteiger partial charge in [-0.15, -0.1) is 0 Å². The number of hydrogen-bond donors (Lipinski definition) is 6. The van der Waals surface area contributed by atoms with E-state index >= 15 is 0 Å². The summed E-state index contributed by atoms with van der Waals surface area (Å²) in [5, 5.41) is 50.0. The van der Waals surface area contributed by atoms with E-state index in [-0.39, 0.29) is 12.8 Å². The van der Waals surface area contributed by atoms with E-state index < -0.39 is 75.7 Å². The fraction of sp³-hybridized carbons (Fsp3) is 0.762. The molecule has 1 saturated carbocycles. The van der Waals surface area contributed by atoms with E-state index in [1.165, 1.54) is 38.5 Å². The molecule has 14 heteroatoms. The van der Waals surface area contributed by atoms with Crippen LogP contribution in [0.4, 0.5) is 0 Å². The first kappa shape index (κ1) is 51.8. The third-order valence-electron chi connectivity index (χ3n) is 9.39. The molecule has 56 heavy (non-hydrogen) atoms. The van der Waals surface area contributed by atoms with Gasteiger partial charge in [-0.3, -0.25) is 18.6 Å². The van der Waals surface area contributed by atoms with Crippen LogP contribution in [0.3, 0.4) is 0 Å². The lowest BCUT2D eigenvalue weighted by molar-refractivity contribution is -0.220. The number of aliphatic hydroxyl groups excluding tert-OH is 5. The fourth-order valence-corrected chi connectivity index (χ4v) is 6.91. The molecule has 6 N–H and O–H groups in total. The van der Waals surface area contributed by atoms with Crippen LogP contribution in [-0.2, 0) is 32.7 Å². The van der Waals surface area contributed by atoms with Gasteiger partial charge >= 0.3 is 19.8 Å². The molecule has 1 rings (SSSR count). The standard InChI is InChI=1S/C42H73O13P/c1-3-5-7-9-11-13-15-17-18-19-21-23-25-27-29-31-36(44)54-34(32-52-35(43)30-28-26-24-22-20-16-14-12-10-8-6-4-2)33-53-56(50,51)55-42-40(48)38(46)37(45)39(47)41(42)49/h11-14,17-18,21,23,34,37-42,45-49H,3-10,15-16,19-20,22,24-33H2,1-2H3,(H,50,51)/b13-11-,14-12-,18-17-,23-21-/t34-,37?,38-,39?,40?,41?,42?/m1/s1. The Bertz CT molecular complexity index is 1170. The first-order chi connectivity index (χ1) is 26.9. The molecule has 0 saturated heterocycles. The van der Waals surface area contributed by atoms with E-state index in [1.54, 1.807) is 0 Å². The van der Waals surface area contributed by atoms with E-state index in [2.05, 4.69) is 62.5 Å². The largest absolute Gasteiger partial charge is 0.472 e. The van der Waals surface area contributed by atoms with Gasteiger partial charge in [0.05, 0.1) is 6.61 Å². The highest BCUT2D eigenvalue weighted by Gasteiger charge is 2.51. The molecule has 0 aromatic heterocycles. The molecule has 8 atom stereocenters. The molecule has 13 nitrogen and oxygen atoms in total. The minimum atomic E-state index is -5.12. The van der Waals surface area contributed by atoms with Gasteiger partial charge in [-0.05, 0) is 77.0 Å². The van der Waals surface area contributed by atoms with Crippen LogP contribution in [0.15, 0.2) is 48.6 Å². The molecular weight excluding hydrogens is 743 g/mol. The highest BCUT2D eigenvalue weighted by atomic mass is 31.2. The Labute approximate surface area is 335 Å². The molecular formula is C42H73O13P. The quantitative estimate of drug-likeness (QED) is 0.0168. The summed E-state index contributed by atoms with van der Waals surface area (Å²) >= 11 is 0. The van der Waals surface area contributed by atoms with Gasteiger partial charge in [-0.25, -0.2) is 4.57 Å². The number of aliphatic hydroxyl groups is 5. The monoisotopic (exact) mass is 816 g/mol. The zero-order valence-corrected chi connectivity index (χ0v) is 34.8. The average molecular weight is 817 g/mol. The lowest BCUT2D eigenvalue weighted by Gasteiger charge is -2.41. The minimum Gasteiger partial charge on any atom is -0.462 e. The molecule has 1 aliphatic rings. The van der Waals surface area contributed by atoms with Crippen LogP contribution in [0.1, 0.15) is 149 Å². The second-order valence-electron chi connectivity index (χ2n) is 14.5. The van der Waals surface area contributed by atoms with Crippen molar-refractivity contribution in [2.45, 2.75) is 191 Å². The number of phosphoric acid groups is 1. The number of carbonyl (C=O) groups is 2. The SMILES string of the molecule is CCCCC/C=C\C/C=C\C/C=C\CCCCC(=O)O[C@H](COC(=O)CCCCCCC/C=C\CCCCC)COP(=O)(O)OC1C(O)C(O)C(O)[C@@H](O)C1O. The number of phosphoric ester groups is 1. The Morgan fingerprint density at radius 2 is 0.964 bits per heavy atom. The van der Waals surface area contributed by atoms with Gasteiger partial charge in [-0.2, -0.15) is 0 Å². The smallest absolute Gasteiger partial charge is 0.462 e. The summed E-state index contributed by atoms with van der Waals surface area (Å²) in [4.78, 5) is 35.5. The van der Waals surface area contributed by atoms with Gasteiger partial charge in [0.25, 0.3) is 0 Å². The number of hydrogen-bond acceptors (Lipinski definition) is 12. The molecule has 0 aromatic carbocycles. The molecule has 0 aliphatic heterocycles. The summed E-state index contributed by atoms with van der Waals surface area (Å²) < 4.78 is 33.3.